The van der Waals surface area contributed by atoms with Crippen LogP contribution < -0.4 is 5.32 Å². The molecule has 0 fully saturated rings. The van der Waals surface area contributed by atoms with Gasteiger partial charge in [0.25, 0.3) is 5.91 Å². The number of carbonyl (C=O) groups is 1. The van der Waals surface area contributed by atoms with Gasteiger partial charge in [0.05, 0.1) is 0 Å². The maximum Gasteiger partial charge on any atom is 0.273 e. The zero-order valence-electron chi connectivity index (χ0n) is 15.4. The molecule has 1 aromatic heterocycles. The van der Waals surface area contributed by atoms with Gasteiger partial charge in [-0.1, -0.05) is 30.3 Å². The normalized spacial score (nSPS) is 11.0. The van der Waals surface area contributed by atoms with Gasteiger partial charge in [-0.2, -0.15) is 0 Å². The number of hydrogen-bond acceptors (Lipinski definition) is 5. The van der Waals surface area contributed by atoms with E-state index in [-0.39, 0.29) is 11.9 Å². The van der Waals surface area contributed by atoms with E-state index in [1.54, 1.807) is 12.3 Å². The van der Waals surface area contributed by atoms with Crippen molar-refractivity contribution in [1.82, 2.24) is 19.8 Å². The molecule has 2 rings (SSSR count). The Morgan fingerprint density at radius 1 is 1.16 bits per heavy atom. The van der Waals surface area contributed by atoms with Crippen LogP contribution in [-0.2, 0) is 6.54 Å². The predicted molar refractivity (Wildman–Crippen MR) is 101 cm³/mol. The molecule has 0 aliphatic heterocycles. The zero-order chi connectivity index (χ0) is 18.2. The van der Waals surface area contributed by atoms with Gasteiger partial charge in [0.15, 0.2) is 0 Å². The summed E-state index contributed by atoms with van der Waals surface area (Å²) in [7, 11) is 4.01. The van der Waals surface area contributed by atoms with Crippen LogP contribution in [0.25, 0.3) is 0 Å². The molecule has 6 nitrogen and oxygen atoms in total. The van der Waals surface area contributed by atoms with Gasteiger partial charge >= 0.3 is 0 Å². The number of likely N-dealkylation sites (N-methyl/N-ethyl adjacent to an activating group) is 1. The van der Waals surface area contributed by atoms with E-state index in [1.807, 2.05) is 63.2 Å². The van der Waals surface area contributed by atoms with E-state index >= 15 is 0 Å². The van der Waals surface area contributed by atoms with Gasteiger partial charge in [-0.05, 0) is 39.6 Å². The summed E-state index contributed by atoms with van der Waals surface area (Å²) in [5.74, 6) is 0.396. The maximum atomic E-state index is 12.9. The molecule has 1 heterocycles. The highest BCUT2D eigenvalue weighted by Crippen LogP contribution is 2.13. The number of aromatic nitrogens is 2. The highest BCUT2D eigenvalue weighted by Gasteiger charge is 2.20. The van der Waals surface area contributed by atoms with E-state index in [2.05, 4.69) is 20.2 Å². The molecule has 0 aliphatic rings. The summed E-state index contributed by atoms with van der Waals surface area (Å²) in [4.78, 5) is 25.4. The third-order valence-corrected chi connectivity index (χ3v) is 3.80. The largest absolute Gasteiger partial charge is 0.353 e. The number of rotatable bonds is 8. The molecule has 0 unspecified atom stereocenters. The molecular formula is C19H27N5O. The second-order valence-corrected chi connectivity index (χ2v) is 6.51. The SMILES string of the molecule is CC(C)N(Cc1ccccc1)C(=O)c1ccnc(NCCN(C)C)n1. The molecule has 25 heavy (non-hydrogen) atoms. The Labute approximate surface area is 149 Å². The van der Waals surface area contributed by atoms with Crippen LogP contribution in [0.2, 0.25) is 0 Å². The van der Waals surface area contributed by atoms with E-state index in [4.69, 9.17) is 0 Å². The number of amides is 1. The summed E-state index contributed by atoms with van der Waals surface area (Å²) in [6.07, 6.45) is 1.62. The van der Waals surface area contributed by atoms with Gasteiger partial charge in [0.2, 0.25) is 5.95 Å². The first kappa shape index (κ1) is 18.9. The summed E-state index contributed by atoms with van der Waals surface area (Å²) in [5, 5.41) is 3.15. The second kappa shape index (κ2) is 9.13. The lowest BCUT2D eigenvalue weighted by molar-refractivity contribution is 0.0684. The molecule has 134 valence electrons. The molecule has 1 N–H and O–H groups in total. The molecule has 1 aromatic carbocycles. The van der Waals surface area contributed by atoms with Gasteiger partial charge in [-0.25, -0.2) is 9.97 Å². The number of carbonyl (C=O) groups excluding carboxylic acids is 1. The first-order chi connectivity index (χ1) is 12.0. The van der Waals surface area contributed by atoms with E-state index < -0.39 is 0 Å². The van der Waals surface area contributed by atoms with Gasteiger partial charge in [0, 0.05) is 31.9 Å². The van der Waals surface area contributed by atoms with Crippen LogP contribution in [0.3, 0.4) is 0 Å². The first-order valence-electron chi connectivity index (χ1n) is 8.54. The highest BCUT2D eigenvalue weighted by atomic mass is 16.2. The van der Waals surface area contributed by atoms with Crippen molar-refractivity contribution in [2.75, 3.05) is 32.5 Å². The van der Waals surface area contributed by atoms with Gasteiger partial charge in [0.1, 0.15) is 5.69 Å². The van der Waals surface area contributed by atoms with Crippen molar-refractivity contribution in [1.29, 1.82) is 0 Å². The van der Waals surface area contributed by atoms with Crippen LogP contribution >= 0.6 is 0 Å². The van der Waals surface area contributed by atoms with E-state index in [0.29, 0.717) is 18.2 Å². The van der Waals surface area contributed by atoms with Gasteiger partial charge in [-0.15, -0.1) is 0 Å². The van der Waals surface area contributed by atoms with Crippen molar-refractivity contribution in [2.24, 2.45) is 0 Å². The van der Waals surface area contributed by atoms with Crippen LogP contribution in [-0.4, -0.2) is 58.9 Å². The third-order valence-electron chi connectivity index (χ3n) is 3.80. The number of benzene rings is 1. The first-order valence-corrected chi connectivity index (χ1v) is 8.54. The number of nitrogens with zero attached hydrogens (tertiary/aromatic N) is 4. The van der Waals surface area contributed by atoms with Crippen LogP contribution in [0.1, 0.15) is 29.9 Å². The Hall–Kier alpha value is -2.47. The molecule has 0 saturated carbocycles. The van der Waals surface area contributed by atoms with E-state index in [1.165, 1.54) is 0 Å². The molecule has 0 saturated heterocycles. The van der Waals surface area contributed by atoms with Crippen molar-refractivity contribution < 1.29 is 4.79 Å². The van der Waals surface area contributed by atoms with Crippen LogP contribution in [0.5, 0.6) is 0 Å². The third kappa shape index (κ3) is 5.83. The molecule has 0 aliphatic carbocycles. The fourth-order valence-corrected chi connectivity index (χ4v) is 2.37. The Kier molecular flexibility index (Phi) is 6.89. The average molecular weight is 341 g/mol. The lowest BCUT2D eigenvalue weighted by Gasteiger charge is -2.26. The molecular weight excluding hydrogens is 314 g/mol. The Morgan fingerprint density at radius 3 is 2.52 bits per heavy atom. The standard InChI is InChI=1S/C19H27N5O/c1-15(2)24(14-16-8-6-5-7-9-16)18(25)17-10-11-20-19(22-17)21-12-13-23(3)4/h5-11,15H,12-14H2,1-4H3,(H,20,21,22). The Balaban J connectivity index is 2.10. The number of nitrogens with one attached hydrogen (secondary N) is 1. The van der Waals surface area contributed by atoms with E-state index in [0.717, 1.165) is 18.7 Å². The van der Waals surface area contributed by atoms with Crippen molar-refractivity contribution >= 4 is 11.9 Å². The monoisotopic (exact) mass is 341 g/mol. The fraction of sp³-hybridized carbons (Fsp3) is 0.421. The van der Waals surface area contributed by atoms with Gasteiger partial charge in [-0.3, -0.25) is 4.79 Å². The summed E-state index contributed by atoms with van der Waals surface area (Å²) in [6.45, 7) is 6.18. The number of anilines is 1. The minimum atomic E-state index is -0.0862. The molecule has 1 amide bonds. The Bertz CT molecular complexity index is 673. The summed E-state index contributed by atoms with van der Waals surface area (Å²) in [6, 6.07) is 11.7. The minimum Gasteiger partial charge on any atom is -0.353 e. The molecule has 6 heteroatoms. The molecule has 0 spiro atoms. The van der Waals surface area contributed by atoms with Crippen molar-refractivity contribution in [3.05, 3.63) is 53.9 Å². The fourth-order valence-electron chi connectivity index (χ4n) is 2.37. The molecule has 0 bridgehead atoms. The van der Waals surface area contributed by atoms with Crippen LogP contribution in [0, 0.1) is 0 Å². The van der Waals surface area contributed by atoms with E-state index in [9.17, 15) is 4.79 Å². The lowest BCUT2D eigenvalue weighted by Crippen LogP contribution is -2.37. The zero-order valence-corrected chi connectivity index (χ0v) is 15.4. The minimum absolute atomic E-state index is 0.0767. The van der Waals surface area contributed by atoms with Crippen LogP contribution in [0.15, 0.2) is 42.6 Å². The van der Waals surface area contributed by atoms with Gasteiger partial charge < -0.3 is 15.1 Å². The quantitative estimate of drug-likeness (QED) is 0.799. The Morgan fingerprint density at radius 2 is 1.88 bits per heavy atom. The van der Waals surface area contributed by atoms with Crippen molar-refractivity contribution in [2.45, 2.75) is 26.4 Å². The summed E-state index contributed by atoms with van der Waals surface area (Å²) in [5.41, 5.74) is 1.51. The smallest absolute Gasteiger partial charge is 0.273 e. The van der Waals surface area contributed by atoms with Crippen LogP contribution in [0.4, 0.5) is 5.95 Å². The molecule has 2 aromatic rings. The topological polar surface area (TPSA) is 61.4 Å². The van der Waals surface area contributed by atoms with Crippen molar-refractivity contribution in [3.63, 3.8) is 0 Å². The average Bonchev–Trinajstić information content (AvgIpc) is 2.60. The molecule has 0 atom stereocenters. The lowest BCUT2D eigenvalue weighted by atomic mass is 10.1. The maximum absolute atomic E-state index is 12.9. The van der Waals surface area contributed by atoms with Crippen molar-refractivity contribution in [3.8, 4) is 0 Å². The number of hydrogen-bond donors (Lipinski definition) is 1. The summed E-state index contributed by atoms with van der Waals surface area (Å²) >= 11 is 0. The summed E-state index contributed by atoms with van der Waals surface area (Å²) < 4.78 is 0. The predicted octanol–water partition coefficient (Wildman–Crippen LogP) is 2.50. The molecule has 0 radical (unpaired) electrons. The highest BCUT2D eigenvalue weighted by molar-refractivity contribution is 5.92. The second-order valence-electron chi connectivity index (χ2n) is 6.51.